The first-order valence-corrected chi connectivity index (χ1v) is 7.39. The minimum atomic E-state index is -0.361. The van der Waals surface area contributed by atoms with Gasteiger partial charge in [-0.15, -0.1) is 0 Å². The van der Waals surface area contributed by atoms with Crippen molar-refractivity contribution in [2.24, 2.45) is 0 Å². The van der Waals surface area contributed by atoms with E-state index in [2.05, 4.69) is 60.4 Å². The van der Waals surface area contributed by atoms with Crippen LogP contribution in [0.25, 0.3) is 11.1 Å². The molecular formula is C19H21NO2. The molecular weight excluding hydrogens is 274 g/mol. The molecule has 0 heterocycles. The molecule has 0 atom stereocenters. The molecule has 3 heteroatoms. The van der Waals surface area contributed by atoms with E-state index in [1.54, 1.807) is 0 Å². The van der Waals surface area contributed by atoms with Gasteiger partial charge < -0.3 is 10.1 Å². The Morgan fingerprint density at radius 2 is 1.68 bits per heavy atom. The first kappa shape index (κ1) is 15.8. The van der Waals surface area contributed by atoms with Gasteiger partial charge in [-0.05, 0) is 41.7 Å². The Morgan fingerprint density at radius 1 is 1.09 bits per heavy atom. The van der Waals surface area contributed by atoms with E-state index < -0.39 is 0 Å². The summed E-state index contributed by atoms with van der Waals surface area (Å²) in [7, 11) is 1.91. The molecule has 0 fully saturated rings. The number of aryl methyl sites for hydroxylation is 1. The van der Waals surface area contributed by atoms with Crippen molar-refractivity contribution in [3.05, 3.63) is 66.7 Å². The van der Waals surface area contributed by atoms with Crippen molar-refractivity contribution >= 4 is 11.7 Å². The number of anilines is 1. The van der Waals surface area contributed by atoms with Crippen molar-refractivity contribution in [2.75, 3.05) is 19.0 Å². The van der Waals surface area contributed by atoms with Crippen LogP contribution in [-0.2, 0) is 16.0 Å². The van der Waals surface area contributed by atoms with E-state index in [-0.39, 0.29) is 5.97 Å². The third-order valence-corrected chi connectivity index (χ3v) is 3.48. The summed E-state index contributed by atoms with van der Waals surface area (Å²) in [6.07, 6.45) is 2.90. The van der Waals surface area contributed by atoms with E-state index in [4.69, 9.17) is 4.74 Å². The lowest BCUT2D eigenvalue weighted by Gasteiger charge is -2.06. The summed E-state index contributed by atoms with van der Waals surface area (Å²) in [6.45, 7) is 3.80. The van der Waals surface area contributed by atoms with Crippen molar-refractivity contribution in [1.82, 2.24) is 0 Å². The SMILES string of the molecule is C=CC(=O)OCCCc1ccc(-c2ccc(NC)cc2)cc1. The zero-order chi connectivity index (χ0) is 15.8. The number of hydrogen-bond acceptors (Lipinski definition) is 3. The molecule has 0 saturated heterocycles. The molecule has 0 amide bonds. The third kappa shape index (κ3) is 4.48. The van der Waals surface area contributed by atoms with E-state index in [0.29, 0.717) is 6.61 Å². The molecule has 0 unspecified atom stereocenters. The summed E-state index contributed by atoms with van der Waals surface area (Å²) in [5.74, 6) is -0.361. The molecule has 2 rings (SSSR count). The van der Waals surface area contributed by atoms with Crippen LogP contribution < -0.4 is 5.32 Å². The summed E-state index contributed by atoms with van der Waals surface area (Å²) < 4.78 is 4.96. The number of carbonyl (C=O) groups excluding carboxylic acids is 1. The van der Waals surface area contributed by atoms with Crippen LogP contribution in [0.2, 0.25) is 0 Å². The molecule has 1 N–H and O–H groups in total. The van der Waals surface area contributed by atoms with Crippen LogP contribution in [0.4, 0.5) is 5.69 Å². The zero-order valence-electron chi connectivity index (χ0n) is 12.8. The molecule has 2 aromatic carbocycles. The summed E-state index contributed by atoms with van der Waals surface area (Å²) in [5.41, 5.74) is 4.75. The second kappa shape index (κ2) is 8.03. The molecule has 0 bridgehead atoms. The van der Waals surface area contributed by atoms with Crippen LogP contribution in [0.3, 0.4) is 0 Å². The summed E-state index contributed by atoms with van der Waals surface area (Å²) >= 11 is 0. The Labute approximate surface area is 131 Å². The number of benzene rings is 2. The van der Waals surface area contributed by atoms with E-state index in [9.17, 15) is 4.79 Å². The molecule has 114 valence electrons. The van der Waals surface area contributed by atoms with Crippen molar-refractivity contribution in [3.63, 3.8) is 0 Å². The number of nitrogens with one attached hydrogen (secondary N) is 1. The fourth-order valence-corrected chi connectivity index (χ4v) is 2.20. The monoisotopic (exact) mass is 295 g/mol. The Bertz CT molecular complexity index is 615. The number of hydrogen-bond donors (Lipinski definition) is 1. The number of rotatable bonds is 7. The Balaban J connectivity index is 1.89. The van der Waals surface area contributed by atoms with Gasteiger partial charge in [0, 0.05) is 18.8 Å². The van der Waals surface area contributed by atoms with E-state index in [1.165, 1.54) is 22.8 Å². The van der Waals surface area contributed by atoms with E-state index in [1.807, 2.05) is 7.05 Å². The lowest BCUT2D eigenvalue weighted by Crippen LogP contribution is -2.02. The average molecular weight is 295 g/mol. The zero-order valence-corrected chi connectivity index (χ0v) is 12.8. The lowest BCUT2D eigenvalue weighted by atomic mass is 10.0. The molecule has 0 spiro atoms. The van der Waals surface area contributed by atoms with Crippen LogP contribution in [-0.4, -0.2) is 19.6 Å². The van der Waals surface area contributed by atoms with Crippen LogP contribution in [0, 0.1) is 0 Å². The van der Waals surface area contributed by atoms with Crippen molar-refractivity contribution in [3.8, 4) is 11.1 Å². The maximum Gasteiger partial charge on any atom is 0.330 e. The normalized spacial score (nSPS) is 10.0. The predicted molar refractivity (Wildman–Crippen MR) is 90.9 cm³/mol. The largest absolute Gasteiger partial charge is 0.463 e. The van der Waals surface area contributed by atoms with Gasteiger partial charge in [0.25, 0.3) is 0 Å². The second-order valence-electron chi connectivity index (χ2n) is 5.00. The highest BCUT2D eigenvalue weighted by atomic mass is 16.5. The maximum absolute atomic E-state index is 10.9. The average Bonchev–Trinajstić information content (AvgIpc) is 2.59. The summed E-state index contributed by atoms with van der Waals surface area (Å²) in [4.78, 5) is 10.9. The number of carbonyl (C=O) groups is 1. The molecule has 2 aromatic rings. The minimum Gasteiger partial charge on any atom is -0.463 e. The molecule has 3 nitrogen and oxygen atoms in total. The third-order valence-electron chi connectivity index (χ3n) is 3.48. The van der Waals surface area contributed by atoms with Gasteiger partial charge in [-0.25, -0.2) is 4.79 Å². The summed E-state index contributed by atoms with van der Waals surface area (Å²) in [6, 6.07) is 16.8. The molecule has 0 aliphatic heterocycles. The van der Waals surface area contributed by atoms with Crippen LogP contribution in [0.1, 0.15) is 12.0 Å². The lowest BCUT2D eigenvalue weighted by molar-refractivity contribution is -0.137. The molecule has 22 heavy (non-hydrogen) atoms. The molecule has 0 aromatic heterocycles. The van der Waals surface area contributed by atoms with Gasteiger partial charge in [0.2, 0.25) is 0 Å². The van der Waals surface area contributed by atoms with Crippen molar-refractivity contribution in [2.45, 2.75) is 12.8 Å². The van der Waals surface area contributed by atoms with Crippen LogP contribution >= 0.6 is 0 Å². The highest BCUT2D eigenvalue weighted by Crippen LogP contribution is 2.22. The quantitative estimate of drug-likeness (QED) is 0.475. The van der Waals surface area contributed by atoms with Gasteiger partial charge in [0.05, 0.1) is 6.61 Å². The van der Waals surface area contributed by atoms with Crippen LogP contribution in [0.5, 0.6) is 0 Å². The molecule has 0 saturated carbocycles. The Morgan fingerprint density at radius 3 is 2.23 bits per heavy atom. The topological polar surface area (TPSA) is 38.3 Å². The van der Waals surface area contributed by atoms with Gasteiger partial charge in [-0.2, -0.15) is 0 Å². The smallest absolute Gasteiger partial charge is 0.330 e. The fourth-order valence-electron chi connectivity index (χ4n) is 2.20. The maximum atomic E-state index is 10.9. The standard InChI is InChI=1S/C19H21NO2/c1-3-19(21)22-14-4-5-15-6-8-16(9-7-15)17-10-12-18(20-2)13-11-17/h3,6-13,20H,1,4-5,14H2,2H3. The molecule has 0 aliphatic carbocycles. The Kier molecular flexibility index (Phi) is 5.78. The number of esters is 1. The predicted octanol–water partition coefficient (Wildman–Crippen LogP) is 4.06. The highest BCUT2D eigenvalue weighted by molar-refractivity contribution is 5.81. The minimum absolute atomic E-state index is 0.361. The van der Waals surface area contributed by atoms with Gasteiger partial charge in [0.1, 0.15) is 0 Å². The van der Waals surface area contributed by atoms with Gasteiger partial charge in [0.15, 0.2) is 0 Å². The fraction of sp³-hybridized carbons (Fsp3) is 0.211. The van der Waals surface area contributed by atoms with Crippen molar-refractivity contribution < 1.29 is 9.53 Å². The van der Waals surface area contributed by atoms with E-state index in [0.717, 1.165) is 18.5 Å². The number of ether oxygens (including phenoxy) is 1. The van der Waals surface area contributed by atoms with Crippen molar-refractivity contribution in [1.29, 1.82) is 0 Å². The second-order valence-corrected chi connectivity index (χ2v) is 5.00. The van der Waals surface area contributed by atoms with Gasteiger partial charge >= 0.3 is 5.97 Å². The van der Waals surface area contributed by atoms with Gasteiger partial charge in [-0.3, -0.25) is 0 Å². The first-order chi connectivity index (χ1) is 10.7. The Hall–Kier alpha value is -2.55. The summed E-state index contributed by atoms with van der Waals surface area (Å²) in [5, 5.41) is 3.11. The van der Waals surface area contributed by atoms with E-state index >= 15 is 0 Å². The first-order valence-electron chi connectivity index (χ1n) is 7.39. The van der Waals surface area contributed by atoms with Crippen LogP contribution in [0.15, 0.2) is 61.2 Å². The van der Waals surface area contributed by atoms with Gasteiger partial charge in [-0.1, -0.05) is 43.0 Å². The highest BCUT2D eigenvalue weighted by Gasteiger charge is 2.00. The molecule has 0 aliphatic rings. The molecule has 0 radical (unpaired) electrons.